The molecule has 2 fully saturated rings. The molecule has 2 aliphatic rings. The Kier molecular flexibility index (Phi) is 5.25. The molecular formula is C17H22F2N6O3. The highest BCUT2D eigenvalue weighted by molar-refractivity contribution is 5.92. The van der Waals surface area contributed by atoms with Crippen molar-refractivity contribution in [3.8, 4) is 5.88 Å². The lowest BCUT2D eigenvalue weighted by Gasteiger charge is -2.20. The molecule has 1 amide bonds. The van der Waals surface area contributed by atoms with Crippen LogP contribution < -0.4 is 4.74 Å². The summed E-state index contributed by atoms with van der Waals surface area (Å²) in [5, 5.41) is 8.05. The van der Waals surface area contributed by atoms with E-state index >= 15 is 0 Å². The molecule has 1 saturated heterocycles. The first-order chi connectivity index (χ1) is 13.5. The first kappa shape index (κ1) is 18.8. The molecule has 152 valence electrons. The van der Waals surface area contributed by atoms with Crippen LogP contribution in [0.2, 0.25) is 0 Å². The number of hydrogen-bond acceptors (Lipinski definition) is 7. The van der Waals surface area contributed by atoms with Crippen LogP contribution >= 0.6 is 0 Å². The molecule has 0 N–H and O–H groups in total. The van der Waals surface area contributed by atoms with Crippen molar-refractivity contribution in [2.24, 2.45) is 7.05 Å². The fourth-order valence-electron chi connectivity index (χ4n) is 3.28. The summed E-state index contributed by atoms with van der Waals surface area (Å²) in [7, 11) is 1.46. The zero-order valence-corrected chi connectivity index (χ0v) is 15.6. The number of carbonyl (C=O) groups is 1. The number of amides is 1. The number of aromatic nitrogens is 4. The molecule has 0 bridgehead atoms. The van der Waals surface area contributed by atoms with Crippen molar-refractivity contribution >= 4 is 5.91 Å². The average Bonchev–Trinajstić information content (AvgIpc) is 3.36. The lowest BCUT2D eigenvalue weighted by Crippen LogP contribution is -2.35. The summed E-state index contributed by atoms with van der Waals surface area (Å²) >= 11 is 0. The lowest BCUT2D eigenvalue weighted by molar-refractivity contribution is -0.0553. The van der Waals surface area contributed by atoms with Crippen LogP contribution in [-0.4, -0.2) is 68.4 Å². The van der Waals surface area contributed by atoms with Crippen LogP contribution in [0.5, 0.6) is 5.88 Å². The monoisotopic (exact) mass is 396 g/mol. The molecule has 0 atom stereocenters. The zero-order chi connectivity index (χ0) is 19.7. The second-order valence-corrected chi connectivity index (χ2v) is 7.11. The van der Waals surface area contributed by atoms with Crippen molar-refractivity contribution in [1.82, 2.24) is 29.7 Å². The van der Waals surface area contributed by atoms with Gasteiger partial charge in [0.15, 0.2) is 11.5 Å². The fourth-order valence-corrected chi connectivity index (χ4v) is 3.28. The standard InChI is InChI=1S/C17H22F2N6O3/c1-23-14(27-17(18)19)9-12(21-23)16(26)25-6-2-5-24(7-8-25)10-13-20-15(28-22-13)11-3-4-11/h9,11,17H,2-8,10H2,1H3. The summed E-state index contributed by atoms with van der Waals surface area (Å²) in [6.45, 7) is 0.153. The van der Waals surface area contributed by atoms with Crippen molar-refractivity contribution in [1.29, 1.82) is 0 Å². The number of alkyl halides is 2. The van der Waals surface area contributed by atoms with E-state index in [1.807, 2.05) is 0 Å². The first-order valence-corrected chi connectivity index (χ1v) is 9.32. The van der Waals surface area contributed by atoms with Crippen LogP contribution in [-0.2, 0) is 13.6 Å². The molecule has 1 saturated carbocycles. The largest absolute Gasteiger partial charge is 0.417 e. The van der Waals surface area contributed by atoms with Gasteiger partial charge in [-0.05, 0) is 19.3 Å². The number of aryl methyl sites for hydroxylation is 1. The van der Waals surface area contributed by atoms with Gasteiger partial charge in [0.05, 0.1) is 6.54 Å². The van der Waals surface area contributed by atoms with E-state index < -0.39 is 6.61 Å². The molecule has 0 aromatic carbocycles. The number of hydrogen-bond donors (Lipinski definition) is 0. The van der Waals surface area contributed by atoms with E-state index in [2.05, 4.69) is 24.9 Å². The molecule has 4 rings (SSSR count). The van der Waals surface area contributed by atoms with Gasteiger partial charge in [0.1, 0.15) is 0 Å². The van der Waals surface area contributed by atoms with Gasteiger partial charge in [0.2, 0.25) is 11.8 Å². The van der Waals surface area contributed by atoms with E-state index in [0.717, 1.165) is 36.4 Å². The van der Waals surface area contributed by atoms with Gasteiger partial charge in [-0.25, -0.2) is 4.68 Å². The van der Waals surface area contributed by atoms with E-state index in [1.54, 1.807) is 4.90 Å². The summed E-state index contributed by atoms with van der Waals surface area (Å²) in [6.07, 6.45) is 3.01. The third-order valence-electron chi connectivity index (χ3n) is 4.92. The van der Waals surface area contributed by atoms with Crippen LogP contribution in [0.1, 0.15) is 47.4 Å². The topological polar surface area (TPSA) is 89.5 Å². The van der Waals surface area contributed by atoms with Crippen LogP contribution in [0.25, 0.3) is 0 Å². The van der Waals surface area contributed by atoms with E-state index in [1.165, 1.54) is 13.1 Å². The number of carbonyl (C=O) groups excluding carboxylic acids is 1. The molecule has 1 aliphatic heterocycles. The first-order valence-electron chi connectivity index (χ1n) is 9.32. The van der Waals surface area contributed by atoms with Gasteiger partial charge in [-0.1, -0.05) is 5.16 Å². The predicted molar refractivity (Wildman–Crippen MR) is 91.9 cm³/mol. The van der Waals surface area contributed by atoms with Gasteiger partial charge in [-0.2, -0.15) is 18.9 Å². The fraction of sp³-hybridized carbons (Fsp3) is 0.647. The van der Waals surface area contributed by atoms with E-state index in [9.17, 15) is 13.6 Å². The molecule has 3 heterocycles. The summed E-state index contributed by atoms with van der Waals surface area (Å²) in [5.74, 6) is 1.38. The van der Waals surface area contributed by atoms with Crippen LogP contribution in [0.4, 0.5) is 8.78 Å². The van der Waals surface area contributed by atoms with Gasteiger partial charge >= 0.3 is 6.61 Å². The summed E-state index contributed by atoms with van der Waals surface area (Å²) in [6, 6.07) is 1.25. The number of nitrogens with zero attached hydrogens (tertiary/aromatic N) is 6. The number of ether oxygens (including phenoxy) is 1. The summed E-state index contributed by atoms with van der Waals surface area (Å²) in [4.78, 5) is 21.0. The number of halogens is 2. The minimum Gasteiger partial charge on any atom is -0.417 e. The highest BCUT2D eigenvalue weighted by Crippen LogP contribution is 2.38. The molecule has 0 unspecified atom stereocenters. The third kappa shape index (κ3) is 4.29. The van der Waals surface area contributed by atoms with Crippen LogP contribution in [0.3, 0.4) is 0 Å². The van der Waals surface area contributed by atoms with Crippen molar-refractivity contribution < 1.29 is 22.8 Å². The quantitative estimate of drug-likeness (QED) is 0.733. The Bertz CT molecular complexity index is 835. The lowest BCUT2D eigenvalue weighted by atomic mass is 10.3. The molecule has 9 nitrogen and oxygen atoms in total. The van der Waals surface area contributed by atoms with E-state index in [4.69, 9.17) is 4.52 Å². The van der Waals surface area contributed by atoms with Gasteiger partial charge in [0, 0.05) is 45.2 Å². The maximum atomic E-state index is 12.7. The van der Waals surface area contributed by atoms with Gasteiger partial charge in [-0.15, -0.1) is 0 Å². The Hall–Kier alpha value is -2.56. The van der Waals surface area contributed by atoms with Gasteiger partial charge in [-0.3, -0.25) is 9.69 Å². The van der Waals surface area contributed by atoms with Crippen LogP contribution in [0.15, 0.2) is 10.6 Å². The second-order valence-electron chi connectivity index (χ2n) is 7.11. The molecule has 1 aliphatic carbocycles. The summed E-state index contributed by atoms with van der Waals surface area (Å²) in [5.41, 5.74) is 0.0962. The minimum atomic E-state index is -2.96. The molecule has 28 heavy (non-hydrogen) atoms. The van der Waals surface area contributed by atoms with E-state index in [-0.39, 0.29) is 17.5 Å². The van der Waals surface area contributed by atoms with E-state index in [0.29, 0.717) is 37.9 Å². The Morgan fingerprint density at radius 2 is 2.14 bits per heavy atom. The minimum absolute atomic E-state index is 0.0962. The Morgan fingerprint density at radius 3 is 2.89 bits per heavy atom. The average molecular weight is 396 g/mol. The van der Waals surface area contributed by atoms with Crippen molar-refractivity contribution in [2.45, 2.75) is 38.3 Å². The maximum Gasteiger partial charge on any atom is 0.388 e. The van der Waals surface area contributed by atoms with Gasteiger partial charge in [0.25, 0.3) is 5.91 Å². The zero-order valence-electron chi connectivity index (χ0n) is 15.6. The van der Waals surface area contributed by atoms with Crippen molar-refractivity contribution in [3.63, 3.8) is 0 Å². The molecule has 11 heteroatoms. The predicted octanol–water partition coefficient (Wildman–Crippen LogP) is 1.63. The molecule has 0 radical (unpaired) electrons. The highest BCUT2D eigenvalue weighted by Gasteiger charge is 2.30. The molecule has 0 spiro atoms. The molecule has 2 aromatic rings. The van der Waals surface area contributed by atoms with Crippen molar-refractivity contribution in [3.05, 3.63) is 23.5 Å². The number of rotatable bonds is 6. The molecule has 2 aromatic heterocycles. The SMILES string of the molecule is Cn1nc(C(=O)N2CCCN(Cc3noc(C4CC4)n3)CC2)cc1OC(F)F. The third-order valence-corrected chi connectivity index (χ3v) is 4.92. The Labute approximate surface area is 160 Å². The van der Waals surface area contributed by atoms with Crippen molar-refractivity contribution in [2.75, 3.05) is 26.2 Å². The summed E-state index contributed by atoms with van der Waals surface area (Å²) < 4.78 is 35.6. The molecular weight excluding hydrogens is 374 g/mol. The maximum absolute atomic E-state index is 12.7. The van der Waals surface area contributed by atoms with Crippen LogP contribution in [0, 0.1) is 0 Å². The second kappa shape index (κ2) is 7.82. The Balaban J connectivity index is 1.34. The normalized spacial score (nSPS) is 18.5. The van der Waals surface area contributed by atoms with Gasteiger partial charge < -0.3 is 14.2 Å². The Morgan fingerprint density at radius 1 is 1.32 bits per heavy atom. The smallest absolute Gasteiger partial charge is 0.388 e. The highest BCUT2D eigenvalue weighted by atomic mass is 19.3.